The zero-order chi connectivity index (χ0) is 24.6. The van der Waals surface area contributed by atoms with Gasteiger partial charge in [0.05, 0.1) is 0 Å². The fourth-order valence-corrected chi connectivity index (χ4v) is 44.9. The molecule has 4 aromatic carbocycles. The Balaban J connectivity index is 1.86. The molecule has 0 spiro atoms. The van der Waals surface area contributed by atoms with Crippen LogP contribution in [0.4, 0.5) is 0 Å². The van der Waals surface area contributed by atoms with Gasteiger partial charge in [0, 0.05) is 0 Å². The van der Waals surface area contributed by atoms with E-state index in [0.29, 0.717) is 8.45 Å². The summed E-state index contributed by atoms with van der Waals surface area (Å²) in [5, 5.41) is 0. The third-order valence-electron chi connectivity index (χ3n) is 9.64. The van der Waals surface area contributed by atoms with E-state index < -0.39 is 21.2 Å². The second-order valence-corrected chi connectivity index (χ2v) is 31.1. The van der Waals surface area contributed by atoms with Crippen LogP contribution in [0.25, 0.3) is 12.2 Å². The van der Waals surface area contributed by atoms with Crippen molar-refractivity contribution in [1.82, 2.24) is 0 Å². The van der Waals surface area contributed by atoms with Crippen LogP contribution in [0.15, 0.2) is 121 Å². The molecule has 0 radical (unpaired) electrons. The molecular weight excluding hydrogens is 484 g/mol. The molecule has 0 nitrogen and oxygen atoms in total. The predicted octanol–water partition coefficient (Wildman–Crippen LogP) is 7.63. The third kappa shape index (κ3) is 3.03. The van der Waals surface area contributed by atoms with E-state index in [4.69, 9.17) is 0 Å². The molecule has 6 rings (SSSR count). The van der Waals surface area contributed by atoms with E-state index in [1.165, 1.54) is 23.2 Å². The van der Waals surface area contributed by atoms with Crippen LogP contribution in [0, 0.1) is 0 Å². The van der Waals surface area contributed by atoms with Crippen molar-refractivity contribution in [3.05, 3.63) is 144 Å². The first-order chi connectivity index (χ1) is 17.8. The molecule has 2 atom stereocenters. The first-order valence-electron chi connectivity index (χ1n) is 13.6. The Morgan fingerprint density at radius 3 is 1.33 bits per heavy atom. The van der Waals surface area contributed by atoms with Crippen LogP contribution in [0.1, 0.15) is 44.5 Å². The Bertz CT molecular complexity index is 1330. The Labute approximate surface area is 218 Å². The van der Waals surface area contributed by atoms with E-state index in [9.17, 15) is 0 Å². The maximum atomic E-state index is 2.64. The molecule has 2 aliphatic carbocycles. The zero-order valence-electron chi connectivity index (χ0n) is 21.3. The van der Waals surface area contributed by atoms with E-state index >= 15 is 0 Å². The summed E-state index contributed by atoms with van der Waals surface area (Å²) in [4.78, 5) is 0. The summed E-state index contributed by atoms with van der Waals surface area (Å²) in [6, 6.07) is 44.9. The molecule has 0 saturated heterocycles. The van der Waals surface area contributed by atoms with Crippen LogP contribution in [-0.2, 0) is 14.6 Å². The molecule has 2 aliphatic rings. The van der Waals surface area contributed by atoms with E-state index in [-0.39, 0.29) is 0 Å². The van der Waals surface area contributed by atoms with Gasteiger partial charge >= 0.3 is 219 Å². The van der Waals surface area contributed by atoms with Crippen LogP contribution < -0.4 is 7.74 Å². The van der Waals surface area contributed by atoms with Gasteiger partial charge in [0.15, 0.2) is 0 Å². The van der Waals surface area contributed by atoms with E-state index in [1.54, 1.807) is 18.9 Å². The molecule has 0 heterocycles. The molecule has 0 aliphatic heterocycles. The molecule has 0 amide bonds. The topological polar surface area (TPSA) is 0 Å². The van der Waals surface area contributed by atoms with Crippen LogP contribution in [0.5, 0.6) is 0 Å². The summed E-state index contributed by atoms with van der Waals surface area (Å²) in [5.41, 5.74) is 5.94. The monoisotopic (exact) mass is 519 g/mol. The Morgan fingerprint density at radius 1 is 0.528 bits per heavy atom. The van der Waals surface area contributed by atoms with Crippen LogP contribution in [0.2, 0.25) is 12.1 Å². The molecular formula is C34H35SiTi. The van der Waals surface area contributed by atoms with Gasteiger partial charge in [-0.3, -0.25) is 0 Å². The van der Waals surface area contributed by atoms with Gasteiger partial charge in [-0.1, -0.05) is 0 Å². The van der Waals surface area contributed by atoms with Crippen molar-refractivity contribution >= 4 is 26.6 Å². The van der Waals surface area contributed by atoms with Crippen molar-refractivity contribution in [2.45, 2.75) is 34.4 Å². The number of rotatable bonds is 7. The molecule has 4 aromatic rings. The molecule has 179 valence electrons. The van der Waals surface area contributed by atoms with Crippen molar-refractivity contribution in [2.75, 3.05) is 0 Å². The first kappa shape index (κ1) is 23.7. The summed E-state index contributed by atoms with van der Waals surface area (Å²) < 4.78 is 4.22. The van der Waals surface area contributed by atoms with Crippen molar-refractivity contribution < 1.29 is 14.6 Å². The van der Waals surface area contributed by atoms with Gasteiger partial charge in [0.2, 0.25) is 0 Å². The summed E-state index contributed by atoms with van der Waals surface area (Å²) in [7, 11) is 0. The Kier molecular flexibility index (Phi) is 6.12. The van der Waals surface area contributed by atoms with Crippen LogP contribution in [0.3, 0.4) is 0 Å². The summed E-state index contributed by atoms with van der Waals surface area (Å²) in [6.07, 6.45) is 10.2. The van der Waals surface area contributed by atoms with E-state index in [1.807, 2.05) is 0 Å². The molecule has 0 fully saturated rings. The van der Waals surface area contributed by atoms with Crippen molar-refractivity contribution in [2.24, 2.45) is 0 Å². The van der Waals surface area contributed by atoms with Gasteiger partial charge in [-0.15, -0.1) is 0 Å². The van der Waals surface area contributed by atoms with Crippen LogP contribution in [-0.4, -0.2) is 6.66 Å². The minimum absolute atomic E-state index is 0.445. The molecule has 36 heavy (non-hydrogen) atoms. The average Bonchev–Trinajstić information content (AvgIpc) is 3.59. The molecule has 0 N–H and O–H groups in total. The number of hydrogen-bond donors (Lipinski definition) is 0. The quantitative estimate of drug-likeness (QED) is 0.220. The minimum atomic E-state index is -4.02. The fourth-order valence-electron chi connectivity index (χ4n) is 8.43. The molecule has 0 saturated carbocycles. The average molecular weight is 520 g/mol. The second-order valence-electron chi connectivity index (χ2n) is 10.7. The molecule has 0 bridgehead atoms. The zero-order valence-corrected chi connectivity index (χ0v) is 24.1. The van der Waals surface area contributed by atoms with Crippen molar-refractivity contribution in [1.29, 1.82) is 0 Å². The summed E-state index contributed by atoms with van der Waals surface area (Å²) in [5.74, 6) is 0. The molecule has 2 heteroatoms. The summed E-state index contributed by atoms with van der Waals surface area (Å²) in [6.45, 7) is 3.64. The number of allylic oxidation sites excluding steroid dienone is 2. The van der Waals surface area contributed by atoms with Gasteiger partial charge < -0.3 is 0 Å². The third-order valence-corrected chi connectivity index (χ3v) is 42.0. The second kappa shape index (κ2) is 9.31. The Morgan fingerprint density at radius 2 is 0.917 bits per heavy atom. The van der Waals surface area contributed by atoms with Gasteiger partial charge in [0.25, 0.3) is 0 Å². The van der Waals surface area contributed by atoms with Crippen molar-refractivity contribution in [3.63, 3.8) is 0 Å². The SMILES string of the molecule is CC[SiH](CC)[Ti]([c]1ccccc1)([c]1ccccc1)([CH]1C=Cc2ccccc21)[CH]1C=Cc2ccccc21. The molecule has 0 aromatic heterocycles. The number of benzene rings is 4. The Hall–Kier alpha value is -2.71. The van der Waals surface area contributed by atoms with E-state index in [2.05, 4.69) is 147 Å². The summed E-state index contributed by atoms with van der Waals surface area (Å²) >= 11 is -4.02. The standard InChI is InChI=1S/2C9H7.2C6H5.C4H11Si.Ti/c2*1-2-5-9-7-3-6-8(9)4-1;2*1-2-4-6-5-3-1;1-3-5-4-2;/h2*1-7H;2*1-5H;5H,3-4H2,1-2H3;. The number of fused-ring (bicyclic) bond motifs is 2. The van der Waals surface area contributed by atoms with Gasteiger partial charge in [0.1, 0.15) is 0 Å². The van der Waals surface area contributed by atoms with Gasteiger partial charge in [-0.25, -0.2) is 0 Å². The predicted molar refractivity (Wildman–Crippen MR) is 157 cm³/mol. The maximum absolute atomic E-state index is 4.02. The van der Waals surface area contributed by atoms with Gasteiger partial charge in [-0.05, 0) is 0 Å². The van der Waals surface area contributed by atoms with Crippen LogP contribution >= 0.6 is 0 Å². The normalized spacial score (nSPS) is 19.1. The van der Waals surface area contributed by atoms with E-state index in [0.717, 1.165) is 0 Å². The van der Waals surface area contributed by atoms with Crippen molar-refractivity contribution in [3.8, 4) is 0 Å². The molecule has 2 unspecified atom stereocenters. The fraction of sp³-hybridized carbons (Fsp3) is 0.176. The first-order valence-corrected chi connectivity index (χ1v) is 21.8. The number of hydrogen-bond acceptors (Lipinski definition) is 0. The van der Waals surface area contributed by atoms with Gasteiger partial charge in [-0.2, -0.15) is 0 Å².